The number of aromatic hydroxyl groups is 2. The minimum absolute atomic E-state index is 0. The summed E-state index contributed by atoms with van der Waals surface area (Å²) in [6.45, 7) is 2.14. The van der Waals surface area contributed by atoms with Crippen LogP contribution in [0.3, 0.4) is 0 Å². The van der Waals surface area contributed by atoms with Gasteiger partial charge in [-0.15, -0.1) is 12.4 Å². The number of piperidine rings is 2. The number of aromatic nitrogens is 3. The molecule has 0 spiro atoms. The zero-order chi connectivity index (χ0) is 29.3. The van der Waals surface area contributed by atoms with Crippen LogP contribution in [0.1, 0.15) is 23.2 Å². The monoisotopic (exact) mass is 619 g/mol. The van der Waals surface area contributed by atoms with Crippen molar-refractivity contribution in [2.75, 3.05) is 46.6 Å². The number of rotatable bonds is 6. The van der Waals surface area contributed by atoms with Crippen LogP contribution < -0.4 is 43.4 Å². The molecule has 0 radical (unpaired) electrons. The molecule has 2 aliphatic heterocycles. The SMILES string of the molecule is Cl.NC1CC(N)CN(c2nc(Nc3ccc(NC(=O)c4ccc(Cl)cc4O)c(O)c3)nc(N3CC(N)CC(N)C3)n2)C1. The van der Waals surface area contributed by atoms with E-state index in [1.807, 2.05) is 9.80 Å². The number of nitrogens with two attached hydrogens (primary N) is 4. The number of carbonyl (C=O) groups is 1. The molecule has 1 amide bonds. The Bertz CT molecular complexity index is 1370. The van der Waals surface area contributed by atoms with Gasteiger partial charge in [-0.05, 0) is 43.2 Å². The average Bonchev–Trinajstić information content (AvgIpc) is 2.89. The molecule has 2 saturated heterocycles. The van der Waals surface area contributed by atoms with Gasteiger partial charge in [0.2, 0.25) is 17.8 Å². The van der Waals surface area contributed by atoms with Crippen molar-refractivity contribution in [3.63, 3.8) is 0 Å². The molecule has 42 heavy (non-hydrogen) atoms. The first kappa shape index (κ1) is 31.3. The summed E-state index contributed by atoms with van der Waals surface area (Å²) in [6.07, 6.45) is 1.41. The maximum Gasteiger partial charge on any atom is 0.259 e. The third kappa shape index (κ3) is 7.40. The van der Waals surface area contributed by atoms with Crippen LogP contribution in [0.5, 0.6) is 11.5 Å². The fourth-order valence-corrected chi connectivity index (χ4v) is 5.27. The summed E-state index contributed by atoms with van der Waals surface area (Å²) in [5.41, 5.74) is 25.5. The lowest BCUT2D eigenvalue weighted by atomic mass is 10.0. The summed E-state index contributed by atoms with van der Waals surface area (Å²) < 4.78 is 0. The normalized spacial score (nSPS) is 22.3. The highest BCUT2D eigenvalue weighted by molar-refractivity contribution is 6.31. The van der Waals surface area contributed by atoms with Crippen molar-refractivity contribution in [1.82, 2.24) is 15.0 Å². The van der Waals surface area contributed by atoms with Gasteiger partial charge < -0.3 is 53.6 Å². The number of phenolic OH excluding ortho intramolecular Hbond substituents is 2. The molecule has 4 atom stereocenters. The Kier molecular flexibility index (Phi) is 9.76. The van der Waals surface area contributed by atoms with Gasteiger partial charge in [0.1, 0.15) is 11.5 Å². The van der Waals surface area contributed by atoms with Crippen molar-refractivity contribution in [2.45, 2.75) is 37.0 Å². The molecule has 2 fully saturated rings. The number of nitrogens with one attached hydrogen (secondary N) is 2. The Labute approximate surface area is 253 Å². The van der Waals surface area contributed by atoms with Crippen molar-refractivity contribution >= 4 is 59.1 Å². The van der Waals surface area contributed by atoms with Crippen LogP contribution in [0.2, 0.25) is 5.02 Å². The zero-order valence-corrected chi connectivity index (χ0v) is 24.2. The summed E-state index contributed by atoms with van der Waals surface area (Å²) in [4.78, 5) is 30.4. The molecule has 0 bridgehead atoms. The predicted octanol–water partition coefficient (Wildman–Crippen LogP) is 1.08. The van der Waals surface area contributed by atoms with Crippen LogP contribution in [0, 0.1) is 0 Å². The number of benzene rings is 2. The second-order valence-corrected chi connectivity index (χ2v) is 11.0. The maximum absolute atomic E-state index is 12.6. The molecule has 2 aliphatic rings. The number of halogens is 2. The Morgan fingerprint density at radius 3 is 1.86 bits per heavy atom. The molecule has 3 aromatic rings. The summed E-state index contributed by atoms with van der Waals surface area (Å²) in [6, 6.07) is 8.21. The van der Waals surface area contributed by atoms with E-state index in [4.69, 9.17) is 39.5 Å². The summed E-state index contributed by atoms with van der Waals surface area (Å²) in [7, 11) is 0. The Morgan fingerprint density at radius 2 is 1.36 bits per heavy atom. The topological polar surface area (TPSA) is 231 Å². The van der Waals surface area contributed by atoms with Crippen molar-refractivity contribution < 1.29 is 15.0 Å². The van der Waals surface area contributed by atoms with Gasteiger partial charge in [-0.2, -0.15) is 15.0 Å². The molecule has 0 aliphatic carbocycles. The molecule has 12 N–H and O–H groups in total. The van der Waals surface area contributed by atoms with Gasteiger partial charge >= 0.3 is 0 Å². The van der Waals surface area contributed by atoms with Crippen LogP contribution >= 0.6 is 24.0 Å². The standard InChI is InChI=1S/C26H34ClN11O3.ClH/c27-13-1-3-19(21(39)5-13)23(41)33-20-4-2-18(8-22(20)40)32-24-34-25(37-9-14(28)6-15(29)10-37)36-26(35-24)38-11-16(30)7-17(31)12-38;/h1-5,8,14-17,39-40H,6-7,9-12,28-31H2,(H,33,41)(H,32,34,35,36);1H. The van der Waals surface area contributed by atoms with Crippen molar-refractivity contribution in [2.24, 2.45) is 22.9 Å². The Morgan fingerprint density at radius 1 is 0.810 bits per heavy atom. The lowest BCUT2D eigenvalue weighted by Gasteiger charge is -2.37. The minimum Gasteiger partial charge on any atom is -0.507 e. The number of phenols is 2. The van der Waals surface area contributed by atoms with Crippen molar-refractivity contribution in [3.05, 3.63) is 47.0 Å². The molecule has 226 valence electrons. The Hall–Kier alpha value is -3.66. The first-order valence-corrected chi connectivity index (χ1v) is 13.6. The van der Waals surface area contributed by atoms with Gasteiger partial charge in [0, 0.05) is 67.1 Å². The molecule has 14 nitrogen and oxygen atoms in total. The number of carbonyl (C=O) groups excluding carboxylic acids is 1. The third-order valence-electron chi connectivity index (χ3n) is 6.91. The van der Waals surface area contributed by atoms with E-state index in [2.05, 4.69) is 20.6 Å². The van der Waals surface area contributed by atoms with Gasteiger partial charge in [0.25, 0.3) is 5.91 Å². The van der Waals surface area contributed by atoms with Gasteiger partial charge in [0.15, 0.2) is 0 Å². The molecule has 1 aromatic heterocycles. The summed E-state index contributed by atoms with van der Waals surface area (Å²) >= 11 is 5.84. The lowest BCUT2D eigenvalue weighted by Crippen LogP contribution is -2.54. The first-order chi connectivity index (χ1) is 19.5. The number of hydrogen-bond donors (Lipinski definition) is 8. The smallest absolute Gasteiger partial charge is 0.259 e. The van der Waals surface area contributed by atoms with Crippen LogP contribution in [0.25, 0.3) is 0 Å². The first-order valence-electron chi connectivity index (χ1n) is 13.2. The highest BCUT2D eigenvalue weighted by Crippen LogP contribution is 2.31. The lowest BCUT2D eigenvalue weighted by molar-refractivity contribution is 0.102. The fourth-order valence-electron chi connectivity index (χ4n) is 5.11. The van der Waals surface area contributed by atoms with Gasteiger partial charge in [-0.25, -0.2) is 0 Å². The fraction of sp³-hybridized carbons (Fsp3) is 0.385. The van der Waals surface area contributed by atoms with E-state index in [0.29, 0.717) is 61.6 Å². The van der Waals surface area contributed by atoms with Crippen molar-refractivity contribution in [3.8, 4) is 11.5 Å². The Balaban J connectivity index is 0.00000405. The van der Waals surface area contributed by atoms with E-state index >= 15 is 0 Å². The molecule has 4 unspecified atom stereocenters. The van der Waals surface area contributed by atoms with E-state index in [0.717, 1.165) is 0 Å². The molecular weight excluding hydrogens is 585 g/mol. The number of hydrogen-bond acceptors (Lipinski definition) is 13. The largest absolute Gasteiger partial charge is 0.507 e. The van der Waals surface area contributed by atoms with Crippen LogP contribution in [0.4, 0.5) is 29.2 Å². The number of amides is 1. The maximum atomic E-state index is 12.6. The number of anilines is 5. The summed E-state index contributed by atoms with van der Waals surface area (Å²) in [5.74, 6) is -0.0587. The van der Waals surface area contributed by atoms with Gasteiger partial charge in [-0.1, -0.05) is 11.6 Å². The number of nitrogens with zero attached hydrogens (tertiary/aromatic N) is 5. The molecule has 0 saturated carbocycles. The quantitative estimate of drug-likeness (QED) is 0.181. The highest BCUT2D eigenvalue weighted by atomic mass is 35.5. The van der Waals surface area contributed by atoms with Gasteiger partial charge in [-0.3, -0.25) is 4.79 Å². The molecular formula is C26H35Cl2N11O3. The summed E-state index contributed by atoms with van der Waals surface area (Å²) in [5, 5.41) is 26.7. The van der Waals surface area contributed by atoms with Crippen LogP contribution in [0.15, 0.2) is 36.4 Å². The van der Waals surface area contributed by atoms with E-state index in [9.17, 15) is 15.0 Å². The van der Waals surface area contributed by atoms with E-state index in [1.165, 1.54) is 30.3 Å². The average molecular weight is 621 g/mol. The van der Waals surface area contributed by atoms with Crippen LogP contribution in [-0.2, 0) is 0 Å². The van der Waals surface area contributed by atoms with Crippen molar-refractivity contribution in [1.29, 1.82) is 0 Å². The molecule has 3 heterocycles. The van der Waals surface area contributed by atoms with Crippen LogP contribution in [-0.4, -0.2) is 81.4 Å². The van der Waals surface area contributed by atoms with Gasteiger partial charge in [0.05, 0.1) is 11.3 Å². The molecule has 5 rings (SSSR count). The molecule has 16 heteroatoms. The predicted molar refractivity (Wildman–Crippen MR) is 165 cm³/mol. The minimum atomic E-state index is -0.613. The zero-order valence-electron chi connectivity index (χ0n) is 22.7. The third-order valence-corrected chi connectivity index (χ3v) is 7.15. The second kappa shape index (κ2) is 13.1. The van der Waals surface area contributed by atoms with E-state index in [1.54, 1.807) is 6.07 Å². The van der Waals surface area contributed by atoms with E-state index < -0.39 is 5.91 Å². The van der Waals surface area contributed by atoms with E-state index in [-0.39, 0.29) is 65.3 Å². The molecule has 2 aromatic carbocycles. The highest BCUT2D eigenvalue weighted by Gasteiger charge is 2.29. The second-order valence-electron chi connectivity index (χ2n) is 10.6.